The van der Waals surface area contributed by atoms with Gasteiger partial charge >= 0.3 is 0 Å². The molecule has 0 bridgehead atoms. The van der Waals surface area contributed by atoms with E-state index in [2.05, 4.69) is 32.3 Å². The van der Waals surface area contributed by atoms with Crippen molar-refractivity contribution >= 4 is 35.4 Å². The number of aromatic nitrogens is 2. The molecule has 5 amide bonds. The predicted octanol–water partition coefficient (Wildman–Crippen LogP) is 3.14. The summed E-state index contributed by atoms with van der Waals surface area (Å²) in [6.45, 7) is 4.22. The highest BCUT2D eigenvalue weighted by molar-refractivity contribution is 6.23. The van der Waals surface area contributed by atoms with Crippen molar-refractivity contribution in [1.82, 2.24) is 30.2 Å². The molecule has 280 valence electrons. The minimum Gasteiger partial charge on any atom is -0.507 e. The van der Waals surface area contributed by atoms with E-state index in [1.165, 1.54) is 0 Å². The molecule has 3 aliphatic heterocycles. The van der Waals surface area contributed by atoms with Crippen molar-refractivity contribution < 1.29 is 33.8 Å². The second-order valence-electron chi connectivity index (χ2n) is 14.3. The molecule has 3 aromatic rings. The Morgan fingerprint density at radius 3 is 2.48 bits per heavy atom. The standard InChI is InChI=1S/C40H43N7O7/c41-35-33(25-30(43-44-35)28-9-3-4-10-32(28)48)54-23-7-17-40(15-6-16-40)39(53)46-21-19-45(20-22-46)18-5-1-2-8-26-11-12-27-29(24-26)38(52)47(37(27)51)31-13-14-34(49)42-36(31)50/h3-4,9-12,24-25,31,48H,1,5-7,13-23H2,(H2,41,44)(H,42,49,50). The van der Waals surface area contributed by atoms with Crippen LogP contribution < -0.4 is 15.8 Å². The lowest BCUT2D eigenvalue weighted by Crippen LogP contribution is -2.55. The number of rotatable bonds is 11. The number of phenols is 1. The lowest BCUT2D eigenvalue weighted by atomic mass is 9.65. The molecule has 2 aromatic carbocycles. The molecule has 1 aromatic heterocycles. The number of benzene rings is 2. The smallest absolute Gasteiger partial charge is 0.262 e. The first-order chi connectivity index (χ1) is 26.1. The van der Waals surface area contributed by atoms with E-state index in [9.17, 15) is 29.1 Å². The van der Waals surface area contributed by atoms with Crippen molar-refractivity contribution in [2.24, 2.45) is 5.41 Å². The van der Waals surface area contributed by atoms with Crippen LogP contribution in [0.1, 0.15) is 84.1 Å². The molecule has 1 saturated carbocycles. The number of hydrogen-bond donors (Lipinski definition) is 3. The van der Waals surface area contributed by atoms with Crippen LogP contribution in [0.3, 0.4) is 0 Å². The van der Waals surface area contributed by atoms with Crippen LogP contribution in [0.4, 0.5) is 5.82 Å². The lowest BCUT2D eigenvalue weighted by molar-refractivity contribution is -0.150. The Morgan fingerprint density at radius 2 is 1.74 bits per heavy atom. The molecule has 4 aliphatic rings. The number of fused-ring (bicyclic) bond motifs is 1. The minimum absolute atomic E-state index is 0.0708. The average molecular weight is 734 g/mol. The molecular weight excluding hydrogens is 690 g/mol. The van der Waals surface area contributed by atoms with E-state index in [0.717, 1.165) is 56.6 Å². The highest BCUT2D eigenvalue weighted by Crippen LogP contribution is 2.46. The fraction of sp³-hybridized carbons (Fsp3) is 0.425. The number of carbonyl (C=O) groups is 5. The summed E-state index contributed by atoms with van der Waals surface area (Å²) in [7, 11) is 0. The van der Waals surface area contributed by atoms with Crippen molar-refractivity contribution in [3.05, 3.63) is 65.2 Å². The number of nitrogen functional groups attached to an aromatic ring is 1. The van der Waals surface area contributed by atoms with Gasteiger partial charge in [0.05, 0.1) is 17.7 Å². The van der Waals surface area contributed by atoms with E-state index >= 15 is 0 Å². The number of aromatic hydroxyl groups is 1. The van der Waals surface area contributed by atoms with E-state index in [1.807, 2.05) is 4.90 Å². The summed E-state index contributed by atoms with van der Waals surface area (Å²) in [5.41, 5.74) is 7.74. The fourth-order valence-electron chi connectivity index (χ4n) is 7.70. The molecule has 1 atom stereocenters. The van der Waals surface area contributed by atoms with Gasteiger partial charge in [-0.2, -0.15) is 0 Å². The molecule has 1 unspecified atom stereocenters. The molecule has 1 aliphatic carbocycles. The van der Waals surface area contributed by atoms with Crippen LogP contribution >= 0.6 is 0 Å². The highest BCUT2D eigenvalue weighted by Gasteiger charge is 2.46. The zero-order valence-electron chi connectivity index (χ0n) is 30.0. The fourth-order valence-corrected chi connectivity index (χ4v) is 7.70. The first-order valence-corrected chi connectivity index (χ1v) is 18.5. The summed E-state index contributed by atoms with van der Waals surface area (Å²) in [5, 5.41) is 20.5. The number of imide groups is 2. The zero-order chi connectivity index (χ0) is 37.8. The number of anilines is 1. The third kappa shape index (κ3) is 7.49. The van der Waals surface area contributed by atoms with E-state index in [1.54, 1.807) is 48.5 Å². The molecule has 4 N–H and O–H groups in total. The number of phenolic OH excluding ortho intramolecular Hbond substituents is 1. The van der Waals surface area contributed by atoms with Crippen LogP contribution in [0.5, 0.6) is 11.5 Å². The first-order valence-electron chi connectivity index (χ1n) is 18.5. The zero-order valence-corrected chi connectivity index (χ0v) is 30.0. The minimum atomic E-state index is -1.00. The Morgan fingerprint density at radius 1 is 0.963 bits per heavy atom. The van der Waals surface area contributed by atoms with Gasteiger partial charge in [-0.25, -0.2) is 0 Å². The second kappa shape index (κ2) is 15.7. The largest absolute Gasteiger partial charge is 0.507 e. The summed E-state index contributed by atoms with van der Waals surface area (Å²) in [4.78, 5) is 68.9. The molecule has 7 rings (SSSR count). The van der Waals surface area contributed by atoms with Crippen molar-refractivity contribution in [3.63, 3.8) is 0 Å². The molecule has 14 nitrogen and oxygen atoms in total. The van der Waals surface area contributed by atoms with Gasteiger partial charge in [0.25, 0.3) is 11.8 Å². The number of ether oxygens (including phenoxy) is 1. The van der Waals surface area contributed by atoms with E-state index in [-0.39, 0.29) is 46.9 Å². The van der Waals surface area contributed by atoms with Gasteiger partial charge in [-0.1, -0.05) is 30.4 Å². The van der Waals surface area contributed by atoms with Crippen molar-refractivity contribution in [2.75, 3.05) is 45.1 Å². The second-order valence-corrected chi connectivity index (χ2v) is 14.3. The molecule has 0 spiro atoms. The number of hydrogen-bond acceptors (Lipinski definition) is 11. The van der Waals surface area contributed by atoms with Gasteiger partial charge in [0.15, 0.2) is 11.6 Å². The van der Waals surface area contributed by atoms with Crippen molar-refractivity contribution in [2.45, 2.75) is 63.8 Å². The third-order valence-corrected chi connectivity index (χ3v) is 10.9. The molecule has 0 radical (unpaired) electrons. The van der Waals surface area contributed by atoms with Crippen LogP contribution in [0.2, 0.25) is 0 Å². The summed E-state index contributed by atoms with van der Waals surface area (Å²) < 4.78 is 5.98. The highest BCUT2D eigenvalue weighted by atomic mass is 16.5. The van der Waals surface area contributed by atoms with Gasteiger partial charge < -0.3 is 20.5 Å². The van der Waals surface area contributed by atoms with Crippen LogP contribution in [-0.2, 0) is 14.4 Å². The maximum Gasteiger partial charge on any atom is 0.262 e. The number of unbranched alkanes of at least 4 members (excludes halogenated alkanes) is 1. The Hall–Kier alpha value is -5.81. The van der Waals surface area contributed by atoms with Crippen molar-refractivity contribution in [1.29, 1.82) is 0 Å². The van der Waals surface area contributed by atoms with Crippen LogP contribution in [0, 0.1) is 17.3 Å². The number of carbonyl (C=O) groups excluding carboxylic acids is 5. The summed E-state index contributed by atoms with van der Waals surface area (Å²) in [5.74, 6) is 5.04. The van der Waals surface area contributed by atoms with Crippen LogP contribution in [0.25, 0.3) is 11.3 Å². The molecule has 54 heavy (non-hydrogen) atoms. The number of piperazine rings is 1. The monoisotopic (exact) mass is 733 g/mol. The molecule has 4 heterocycles. The van der Waals surface area contributed by atoms with Gasteiger partial charge in [0.1, 0.15) is 17.5 Å². The number of nitrogens with two attached hydrogens (primary N) is 1. The number of amides is 5. The molecule has 2 saturated heterocycles. The summed E-state index contributed by atoms with van der Waals surface area (Å²) >= 11 is 0. The predicted molar refractivity (Wildman–Crippen MR) is 197 cm³/mol. The van der Waals surface area contributed by atoms with E-state index < -0.39 is 29.7 Å². The Kier molecular flexibility index (Phi) is 10.6. The molecule has 14 heteroatoms. The van der Waals surface area contributed by atoms with Gasteiger partial charge in [0.2, 0.25) is 17.7 Å². The van der Waals surface area contributed by atoms with Gasteiger partial charge in [-0.3, -0.25) is 39.1 Å². The summed E-state index contributed by atoms with van der Waals surface area (Å²) in [6, 6.07) is 12.4. The SMILES string of the molecule is Nc1nnc(-c2ccccc2O)cc1OCCCC1(C(=O)N2CCN(CCCC#Cc3ccc4c(c3)C(=O)N(C3CCC(=O)NC3=O)C4=O)CC2)CCC1. The first kappa shape index (κ1) is 36.5. The van der Waals surface area contributed by atoms with Crippen molar-refractivity contribution in [3.8, 4) is 34.6 Å². The topological polar surface area (TPSA) is 188 Å². The summed E-state index contributed by atoms with van der Waals surface area (Å²) in [6.07, 6.45) is 5.92. The maximum absolute atomic E-state index is 13.7. The number of nitrogens with one attached hydrogen (secondary N) is 1. The number of piperidine rings is 1. The van der Waals surface area contributed by atoms with E-state index in [4.69, 9.17) is 10.5 Å². The third-order valence-electron chi connectivity index (χ3n) is 10.9. The Bertz CT molecular complexity index is 2040. The normalized spacial score (nSPS) is 19.4. The maximum atomic E-state index is 13.7. The van der Waals surface area contributed by atoms with Crippen LogP contribution in [0.15, 0.2) is 48.5 Å². The molecule has 3 fully saturated rings. The lowest BCUT2D eigenvalue weighted by Gasteiger charge is -2.46. The number of nitrogens with zero attached hydrogens (tertiary/aromatic N) is 5. The Labute approximate surface area is 313 Å². The van der Waals surface area contributed by atoms with Crippen LogP contribution in [-0.4, -0.2) is 105 Å². The van der Waals surface area contributed by atoms with E-state index in [0.29, 0.717) is 55.1 Å². The van der Waals surface area contributed by atoms with Gasteiger partial charge in [0, 0.05) is 61.6 Å². The quantitative estimate of drug-likeness (QED) is 0.149. The van der Waals surface area contributed by atoms with Gasteiger partial charge in [-0.05, 0) is 75.4 Å². The Balaban J connectivity index is 0.838. The average Bonchev–Trinajstić information content (AvgIpc) is 3.39. The molecular formula is C40H43N7O7. The number of para-hydroxylation sites is 1. The van der Waals surface area contributed by atoms with Gasteiger partial charge in [-0.15, -0.1) is 10.2 Å².